The van der Waals surface area contributed by atoms with Crippen LogP contribution in [0.3, 0.4) is 0 Å². The molecule has 6 heteroatoms. The summed E-state index contributed by atoms with van der Waals surface area (Å²) in [5.41, 5.74) is -0.498. The van der Waals surface area contributed by atoms with E-state index < -0.39 is 22.2 Å². The number of carbonyl (C=O) groups excluding carboxylic acids is 2. The third kappa shape index (κ3) is 3.63. The molecule has 3 aliphatic carbocycles. The molecule has 1 saturated carbocycles. The standard InChI is InChI=1S/C33H40O6/c1-18(2)9-10-21-23(34)15-24(35)26-27(36)22-16-31(13-11-19(3)4)17-25-30(7,8)39-32(29(31)37,14-12-20(5)6)33(22,25)38-28(21)26/h9,11-12,15-16,25,34-35H,10,13-14,17H2,1-8H3. The highest BCUT2D eigenvalue weighted by molar-refractivity contribution is 6.19. The van der Waals surface area contributed by atoms with Gasteiger partial charge in [-0.2, -0.15) is 0 Å². The predicted molar refractivity (Wildman–Crippen MR) is 150 cm³/mol. The monoisotopic (exact) mass is 532 g/mol. The van der Waals surface area contributed by atoms with Crippen molar-refractivity contribution in [2.75, 3.05) is 0 Å². The largest absolute Gasteiger partial charge is 0.507 e. The van der Waals surface area contributed by atoms with E-state index in [0.29, 0.717) is 30.4 Å². The van der Waals surface area contributed by atoms with E-state index >= 15 is 0 Å². The van der Waals surface area contributed by atoms with Crippen LogP contribution in [-0.2, 0) is 16.0 Å². The Hall–Kier alpha value is -3.12. The van der Waals surface area contributed by atoms with Crippen molar-refractivity contribution >= 4 is 11.6 Å². The lowest BCUT2D eigenvalue weighted by Gasteiger charge is -2.59. The van der Waals surface area contributed by atoms with Gasteiger partial charge in [0, 0.05) is 29.5 Å². The van der Waals surface area contributed by atoms with Crippen molar-refractivity contribution in [3.05, 3.63) is 63.8 Å². The number of allylic oxidation sites excluding steroid dienone is 6. The van der Waals surface area contributed by atoms with Crippen LogP contribution in [-0.4, -0.2) is 38.6 Å². The van der Waals surface area contributed by atoms with Crippen LogP contribution in [0.4, 0.5) is 0 Å². The summed E-state index contributed by atoms with van der Waals surface area (Å²) in [6.45, 7) is 15.8. The van der Waals surface area contributed by atoms with Crippen LogP contribution in [0, 0.1) is 11.3 Å². The molecular formula is C33H40O6. The normalized spacial score (nSPS) is 31.1. The summed E-state index contributed by atoms with van der Waals surface area (Å²) < 4.78 is 13.8. The Morgan fingerprint density at radius 3 is 2.18 bits per heavy atom. The SMILES string of the molecule is CC(C)=CCc1c(O)cc(O)c2c1OC13C(=CC4(CC=C(C)C)CC1C(C)(C)OC3(CC=C(C)C)C4=O)C2=O. The molecule has 0 radical (unpaired) electrons. The minimum absolute atomic E-state index is 0.0359. The van der Waals surface area contributed by atoms with Crippen molar-refractivity contribution < 1.29 is 29.3 Å². The zero-order chi connectivity index (χ0) is 28.7. The van der Waals surface area contributed by atoms with Crippen molar-refractivity contribution in [2.24, 2.45) is 11.3 Å². The van der Waals surface area contributed by atoms with Gasteiger partial charge in [0.25, 0.3) is 0 Å². The van der Waals surface area contributed by atoms with Crippen LogP contribution in [0.25, 0.3) is 0 Å². The van der Waals surface area contributed by atoms with Gasteiger partial charge >= 0.3 is 0 Å². The summed E-state index contributed by atoms with van der Waals surface area (Å²) in [4.78, 5) is 29.2. The maximum absolute atomic E-state index is 14.8. The third-order valence-corrected chi connectivity index (χ3v) is 9.04. The van der Waals surface area contributed by atoms with E-state index in [1.54, 1.807) is 0 Å². The summed E-state index contributed by atoms with van der Waals surface area (Å²) in [5, 5.41) is 21.8. The van der Waals surface area contributed by atoms with E-state index in [1.807, 2.05) is 73.6 Å². The topological polar surface area (TPSA) is 93.1 Å². The molecule has 4 atom stereocenters. The molecule has 1 saturated heterocycles. The number of fused-ring (bicyclic) bond motifs is 1. The number of benzene rings is 1. The van der Waals surface area contributed by atoms with Crippen LogP contribution in [0.1, 0.15) is 90.6 Å². The van der Waals surface area contributed by atoms with Crippen molar-refractivity contribution in [1.82, 2.24) is 0 Å². The number of Topliss-reactive ketones (excluding diaryl/α,β-unsaturated/α-hetero) is 2. The first-order valence-electron chi connectivity index (χ1n) is 13.8. The summed E-state index contributed by atoms with van der Waals surface area (Å²) in [7, 11) is 0. The highest BCUT2D eigenvalue weighted by Crippen LogP contribution is 2.71. The molecule has 208 valence electrons. The van der Waals surface area contributed by atoms with Crippen LogP contribution >= 0.6 is 0 Å². The molecule has 2 N–H and O–H groups in total. The fourth-order valence-corrected chi connectivity index (χ4v) is 7.25. The lowest BCUT2D eigenvalue weighted by Crippen LogP contribution is -2.74. The molecule has 2 fully saturated rings. The van der Waals surface area contributed by atoms with E-state index in [4.69, 9.17) is 9.47 Å². The van der Waals surface area contributed by atoms with Gasteiger partial charge < -0.3 is 19.7 Å². The first-order chi connectivity index (χ1) is 18.1. The van der Waals surface area contributed by atoms with Crippen LogP contribution in [0.2, 0.25) is 0 Å². The van der Waals surface area contributed by atoms with Gasteiger partial charge in [-0.25, -0.2) is 0 Å². The highest BCUT2D eigenvalue weighted by Gasteiger charge is 2.83. The first-order valence-corrected chi connectivity index (χ1v) is 13.8. The van der Waals surface area contributed by atoms with Gasteiger partial charge in [-0.15, -0.1) is 0 Å². The van der Waals surface area contributed by atoms with Gasteiger partial charge in [-0.3, -0.25) is 9.59 Å². The fraction of sp³-hybridized carbons (Fsp3) is 0.515. The second-order valence-corrected chi connectivity index (χ2v) is 13.1. The molecule has 4 unspecified atom stereocenters. The number of ether oxygens (including phenoxy) is 2. The molecule has 0 aromatic heterocycles. The Morgan fingerprint density at radius 1 is 0.949 bits per heavy atom. The third-order valence-electron chi connectivity index (χ3n) is 9.04. The van der Waals surface area contributed by atoms with Gasteiger partial charge in [0.15, 0.2) is 22.8 Å². The van der Waals surface area contributed by atoms with Crippen molar-refractivity contribution in [1.29, 1.82) is 0 Å². The van der Waals surface area contributed by atoms with Gasteiger partial charge in [0.1, 0.15) is 22.8 Å². The average molecular weight is 533 g/mol. The molecule has 6 nitrogen and oxygen atoms in total. The van der Waals surface area contributed by atoms with Crippen molar-refractivity contribution in [3.63, 3.8) is 0 Å². The number of carbonyl (C=O) groups is 2. The predicted octanol–water partition coefficient (Wildman–Crippen LogP) is 6.70. The van der Waals surface area contributed by atoms with E-state index in [-0.39, 0.29) is 46.7 Å². The first kappa shape index (κ1) is 27.4. The zero-order valence-corrected chi connectivity index (χ0v) is 24.3. The molecule has 1 aromatic rings. The molecule has 5 aliphatic rings. The Balaban J connectivity index is 1.86. The zero-order valence-electron chi connectivity index (χ0n) is 24.3. The number of hydrogen-bond acceptors (Lipinski definition) is 6. The number of phenols is 2. The minimum atomic E-state index is -1.43. The van der Waals surface area contributed by atoms with Gasteiger partial charge in [-0.05, 0) is 74.7 Å². The molecule has 6 rings (SSSR count). The van der Waals surface area contributed by atoms with E-state index in [1.165, 1.54) is 6.07 Å². The maximum atomic E-state index is 14.8. The molecule has 1 spiro atoms. The number of ketones is 2. The Kier molecular flexibility index (Phi) is 6.12. The van der Waals surface area contributed by atoms with Crippen LogP contribution < -0.4 is 4.74 Å². The van der Waals surface area contributed by atoms with E-state index in [9.17, 15) is 19.8 Å². The Morgan fingerprint density at radius 2 is 1.56 bits per heavy atom. The summed E-state index contributed by atoms with van der Waals surface area (Å²) in [6.07, 6.45) is 9.34. The molecule has 2 heterocycles. The number of aromatic hydroxyl groups is 2. The van der Waals surface area contributed by atoms with Gasteiger partial charge in [-0.1, -0.05) is 41.0 Å². The molecule has 39 heavy (non-hydrogen) atoms. The minimum Gasteiger partial charge on any atom is -0.507 e. The van der Waals surface area contributed by atoms with Crippen LogP contribution in [0.15, 0.2) is 52.7 Å². The number of phenolic OH excluding ortho intramolecular Hbond substituents is 2. The lowest BCUT2D eigenvalue weighted by molar-refractivity contribution is -0.178. The second kappa shape index (κ2) is 8.69. The summed E-state index contributed by atoms with van der Waals surface area (Å²) in [5.74, 6) is -1.08. The molecular weight excluding hydrogens is 492 g/mol. The molecule has 4 bridgehead atoms. The van der Waals surface area contributed by atoms with Gasteiger partial charge in [0.05, 0.1) is 11.0 Å². The summed E-state index contributed by atoms with van der Waals surface area (Å²) in [6, 6.07) is 1.21. The number of rotatable bonds is 6. The van der Waals surface area contributed by atoms with Crippen LogP contribution in [0.5, 0.6) is 17.2 Å². The fourth-order valence-electron chi connectivity index (χ4n) is 7.25. The Bertz CT molecular complexity index is 1410. The van der Waals surface area contributed by atoms with Gasteiger partial charge in [0.2, 0.25) is 0 Å². The quantitative estimate of drug-likeness (QED) is 0.396. The number of hydrogen-bond donors (Lipinski definition) is 2. The highest BCUT2D eigenvalue weighted by atomic mass is 16.6. The smallest absolute Gasteiger partial charge is 0.200 e. The Labute approximate surface area is 231 Å². The maximum Gasteiger partial charge on any atom is 0.200 e. The van der Waals surface area contributed by atoms with Crippen molar-refractivity contribution in [2.45, 2.75) is 97.9 Å². The molecule has 2 aliphatic heterocycles. The second-order valence-electron chi connectivity index (χ2n) is 13.1. The summed E-state index contributed by atoms with van der Waals surface area (Å²) >= 11 is 0. The lowest BCUT2D eigenvalue weighted by atomic mass is 9.45. The van der Waals surface area contributed by atoms with E-state index in [2.05, 4.69) is 6.08 Å². The van der Waals surface area contributed by atoms with E-state index in [0.717, 1.165) is 16.7 Å². The molecule has 1 aromatic carbocycles. The van der Waals surface area contributed by atoms with Crippen molar-refractivity contribution in [3.8, 4) is 17.2 Å². The molecule has 0 amide bonds. The average Bonchev–Trinajstić information content (AvgIpc) is 2.98.